The summed E-state index contributed by atoms with van der Waals surface area (Å²) >= 11 is 0. The normalized spacial score (nSPS) is 32.5. The van der Waals surface area contributed by atoms with Crippen molar-refractivity contribution in [3.8, 4) is 6.07 Å². The predicted molar refractivity (Wildman–Crippen MR) is 75.3 cm³/mol. The molecular weight excluding hydrogens is 236 g/mol. The Bertz CT molecular complexity index is 344. The molecule has 0 unspecified atom stereocenters. The predicted octanol–water partition coefficient (Wildman–Crippen LogP) is 3.55. The van der Waals surface area contributed by atoms with Gasteiger partial charge in [-0.2, -0.15) is 5.26 Å². The third-order valence-electron chi connectivity index (χ3n) is 5.09. The van der Waals surface area contributed by atoms with E-state index in [9.17, 15) is 10.1 Å². The first-order valence-electron chi connectivity index (χ1n) is 7.92. The molecule has 2 aliphatic rings. The molecule has 3 heteroatoms. The Hall–Kier alpha value is -1.04. The van der Waals surface area contributed by atoms with Crippen LogP contribution in [0, 0.1) is 23.2 Å². The molecule has 0 heterocycles. The number of nitrogens with zero attached hydrogens (tertiary/aromatic N) is 1. The van der Waals surface area contributed by atoms with Gasteiger partial charge in [-0.25, -0.2) is 0 Å². The van der Waals surface area contributed by atoms with E-state index in [1.54, 1.807) is 0 Å². The van der Waals surface area contributed by atoms with E-state index in [1.165, 1.54) is 12.8 Å². The maximum Gasteiger partial charge on any atom is 0.224 e. The molecular formula is C16H26N2O. The fourth-order valence-corrected chi connectivity index (χ4v) is 3.55. The first-order valence-corrected chi connectivity index (χ1v) is 7.92. The number of hydrogen-bond donors (Lipinski definition) is 1. The average molecular weight is 262 g/mol. The van der Waals surface area contributed by atoms with Crippen molar-refractivity contribution < 1.29 is 4.79 Å². The highest BCUT2D eigenvalue weighted by Gasteiger charge is 2.37. The molecule has 0 aromatic heterocycles. The number of hydrogen-bond acceptors (Lipinski definition) is 2. The van der Waals surface area contributed by atoms with Crippen molar-refractivity contribution in [2.24, 2.45) is 11.8 Å². The highest BCUT2D eigenvalue weighted by atomic mass is 16.2. The highest BCUT2D eigenvalue weighted by molar-refractivity contribution is 5.80. The fourth-order valence-electron chi connectivity index (χ4n) is 3.55. The summed E-state index contributed by atoms with van der Waals surface area (Å²) in [7, 11) is 0. The van der Waals surface area contributed by atoms with Gasteiger partial charge >= 0.3 is 0 Å². The van der Waals surface area contributed by atoms with Gasteiger partial charge < -0.3 is 5.32 Å². The van der Waals surface area contributed by atoms with Crippen LogP contribution in [0.3, 0.4) is 0 Å². The van der Waals surface area contributed by atoms with Crippen LogP contribution in [-0.4, -0.2) is 11.4 Å². The van der Waals surface area contributed by atoms with Gasteiger partial charge in [0.1, 0.15) is 5.54 Å². The number of carbonyl (C=O) groups is 1. The van der Waals surface area contributed by atoms with Crippen molar-refractivity contribution in [3.63, 3.8) is 0 Å². The SMILES string of the molecule is CCC1CCC(C#N)(NC(=O)C2CCCCC2)CC1. The summed E-state index contributed by atoms with van der Waals surface area (Å²) in [4.78, 5) is 12.3. The van der Waals surface area contributed by atoms with Crippen molar-refractivity contribution in [1.29, 1.82) is 5.26 Å². The fraction of sp³-hybridized carbons (Fsp3) is 0.875. The van der Waals surface area contributed by atoms with Crippen molar-refractivity contribution >= 4 is 5.91 Å². The van der Waals surface area contributed by atoms with Crippen LogP contribution in [0.1, 0.15) is 71.1 Å². The van der Waals surface area contributed by atoms with Crippen molar-refractivity contribution in [2.45, 2.75) is 76.7 Å². The molecule has 1 N–H and O–H groups in total. The smallest absolute Gasteiger partial charge is 0.224 e. The van der Waals surface area contributed by atoms with Crippen LogP contribution >= 0.6 is 0 Å². The molecule has 0 spiro atoms. The average Bonchev–Trinajstić information content (AvgIpc) is 2.49. The Kier molecular flexibility index (Phi) is 4.85. The van der Waals surface area contributed by atoms with Crippen molar-refractivity contribution in [2.75, 3.05) is 0 Å². The third-order valence-corrected chi connectivity index (χ3v) is 5.09. The lowest BCUT2D eigenvalue weighted by Crippen LogP contribution is -2.51. The minimum absolute atomic E-state index is 0.135. The zero-order valence-corrected chi connectivity index (χ0v) is 12.1. The van der Waals surface area contributed by atoms with E-state index in [0.717, 1.165) is 57.3 Å². The number of amides is 1. The second-order valence-corrected chi connectivity index (χ2v) is 6.37. The van der Waals surface area contributed by atoms with Gasteiger partial charge in [-0.3, -0.25) is 4.79 Å². The van der Waals surface area contributed by atoms with E-state index in [2.05, 4.69) is 18.3 Å². The van der Waals surface area contributed by atoms with E-state index >= 15 is 0 Å². The second-order valence-electron chi connectivity index (χ2n) is 6.37. The van der Waals surface area contributed by atoms with E-state index < -0.39 is 5.54 Å². The number of rotatable bonds is 3. The zero-order chi connectivity index (χ0) is 13.7. The largest absolute Gasteiger partial charge is 0.338 e. The van der Waals surface area contributed by atoms with Gasteiger partial charge in [-0.05, 0) is 44.4 Å². The van der Waals surface area contributed by atoms with Gasteiger partial charge in [0.15, 0.2) is 0 Å². The summed E-state index contributed by atoms with van der Waals surface area (Å²) in [6.07, 6.45) is 10.6. The Labute approximate surface area is 116 Å². The standard InChI is InChI=1S/C16H26N2O/c1-2-13-8-10-16(12-17,11-9-13)18-15(19)14-6-4-3-5-7-14/h13-14H,2-11H2,1H3,(H,18,19). The van der Waals surface area contributed by atoms with Crippen LogP contribution < -0.4 is 5.32 Å². The maximum atomic E-state index is 12.3. The second kappa shape index (κ2) is 6.41. The number of carbonyl (C=O) groups excluding carboxylic acids is 1. The lowest BCUT2D eigenvalue weighted by Gasteiger charge is -2.36. The van der Waals surface area contributed by atoms with Crippen LogP contribution in [0.2, 0.25) is 0 Å². The molecule has 19 heavy (non-hydrogen) atoms. The summed E-state index contributed by atoms with van der Waals surface area (Å²) < 4.78 is 0. The first-order chi connectivity index (χ1) is 9.19. The van der Waals surface area contributed by atoms with E-state index in [0.29, 0.717) is 0 Å². The van der Waals surface area contributed by atoms with Crippen molar-refractivity contribution in [1.82, 2.24) is 5.32 Å². The minimum atomic E-state index is -0.569. The lowest BCUT2D eigenvalue weighted by molar-refractivity contribution is -0.127. The Morgan fingerprint density at radius 2 is 1.84 bits per heavy atom. The summed E-state index contributed by atoms with van der Waals surface area (Å²) in [5.74, 6) is 1.03. The molecule has 0 aromatic carbocycles. The van der Waals surface area contributed by atoms with Gasteiger partial charge in [0.2, 0.25) is 5.91 Å². The molecule has 2 aliphatic carbocycles. The number of nitriles is 1. The topological polar surface area (TPSA) is 52.9 Å². The van der Waals surface area contributed by atoms with Gasteiger partial charge in [0.25, 0.3) is 0 Å². The van der Waals surface area contributed by atoms with E-state index in [-0.39, 0.29) is 11.8 Å². The maximum absolute atomic E-state index is 12.3. The van der Waals surface area contributed by atoms with Crippen LogP contribution in [0.25, 0.3) is 0 Å². The molecule has 3 nitrogen and oxygen atoms in total. The minimum Gasteiger partial charge on any atom is -0.338 e. The molecule has 1 amide bonds. The van der Waals surface area contributed by atoms with Gasteiger partial charge in [-0.1, -0.05) is 32.6 Å². The summed E-state index contributed by atoms with van der Waals surface area (Å²) in [5.41, 5.74) is -0.569. The van der Waals surface area contributed by atoms with Crippen LogP contribution in [0.5, 0.6) is 0 Å². The van der Waals surface area contributed by atoms with E-state index in [4.69, 9.17) is 0 Å². The highest BCUT2D eigenvalue weighted by Crippen LogP contribution is 2.34. The number of nitrogens with one attached hydrogen (secondary N) is 1. The van der Waals surface area contributed by atoms with Gasteiger partial charge in [0.05, 0.1) is 6.07 Å². The Balaban J connectivity index is 1.91. The van der Waals surface area contributed by atoms with Crippen LogP contribution in [0.15, 0.2) is 0 Å². The molecule has 0 saturated heterocycles. The molecule has 0 atom stereocenters. The summed E-state index contributed by atoms with van der Waals surface area (Å²) in [6, 6.07) is 2.40. The van der Waals surface area contributed by atoms with E-state index in [1.807, 2.05) is 0 Å². The zero-order valence-electron chi connectivity index (χ0n) is 12.1. The molecule has 106 valence electrons. The summed E-state index contributed by atoms with van der Waals surface area (Å²) in [6.45, 7) is 2.21. The molecule has 2 saturated carbocycles. The van der Waals surface area contributed by atoms with Gasteiger partial charge in [0, 0.05) is 5.92 Å². The molecule has 2 rings (SSSR count). The molecule has 0 aliphatic heterocycles. The monoisotopic (exact) mass is 262 g/mol. The van der Waals surface area contributed by atoms with Crippen LogP contribution in [-0.2, 0) is 4.79 Å². The quantitative estimate of drug-likeness (QED) is 0.845. The molecule has 0 radical (unpaired) electrons. The van der Waals surface area contributed by atoms with Crippen LogP contribution in [0.4, 0.5) is 0 Å². The first kappa shape index (κ1) is 14.4. The molecule has 0 aromatic rings. The Morgan fingerprint density at radius 3 is 2.37 bits per heavy atom. The lowest BCUT2D eigenvalue weighted by atomic mass is 9.76. The van der Waals surface area contributed by atoms with Crippen molar-refractivity contribution in [3.05, 3.63) is 0 Å². The third kappa shape index (κ3) is 3.49. The molecule has 0 bridgehead atoms. The van der Waals surface area contributed by atoms with Gasteiger partial charge in [-0.15, -0.1) is 0 Å². The summed E-state index contributed by atoms with van der Waals surface area (Å²) in [5, 5.41) is 12.6. The molecule has 2 fully saturated rings. The Morgan fingerprint density at radius 1 is 1.21 bits per heavy atom.